The maximum Gasteiger partial charge on any atom is 0.280 e. The Morgan fingerprint density at radius 1 is 1.18 bits per heavy atom. The first-order valence-electron chi connectivity index (χ1n) is 6.74. The molecule has 0 atom stereocenters. The Morgan fingerprint density at radius 3 is 2.32 bits per heavy atom. The lowest BCUT2D eigenvalue weighted by Gasteiger charge is -2.07. The summed E-state index contributed by atoms with van der Waals surface area (Å²) in [5.74, 6) is 0.332. The van der Waals surface area contributed by atoms with Crippen molar-refractivity contribution in [1.82, 2.24) is 4.57 Å². The van der Waals surface area contributed by atoms with Gasteiger partial charge in [0.05, 0.1) is 19.9 Å². The molecule has 2 aromatic rings. The highest BCUT2D eigenvalue weighted by molar-refractivity contribution is 6.30. The zero-order chi connectivity index (χ0) is 16.3. The highest BCUT2D eigenvalue weighted by Gasteiger charge is 2.18. The molecular weight excluding hydrogens is 302 g/mol. The smallest absolute Gasteiger partial charge is 0.280 e. The molecule has 2 rings (SSSR count). The molecule has 116 valence electrons. The zero-order valence-corrected chi connectivity index (χ0v) is 13.8. The third kappa shape index (κ3) is 3.17. The average Bonchev–Trinajstić information content (AvgIpc) is 2.79. The fraction of sp³-hybridized carbons (Fsp3) is 0.235. The molecule has 0 aliphatic carbocycles. The predicted molar refractivity (Wildman–Crippen MR) is 87.0 cm³/mol. The van der Waals surface area contributed by atoms with Gasteiger partial charge in [0.1, 0.15) is 0 Å². The van der Waals surface area contributed by atoms with E-state index < -0.39 is 0 Å². The molecule has 22 heavy (non-hydrogen) atoms. The maximum absolute atomic E-state index is 12.7. The van der Waals surface area contributed by atoms with Crippen LogP contribution in [-0.2, 0) is 16.5 Å². The number of ether oxygens (including phenoxy) is 2. The molecular formula is C17H18ClNO3. The summed E-state index contributed by atoms with van der Waals surface area (Å²) in [6.07, 6.45) is 1.74. The van der Waals surface area contributed by atoms with Crippen LogP contribution in [0.4, 0.5) is 0 Å². The molecule has 0 spiro atoms. The summed E-state index contributed by atoms with van der Waals surface area (Å²) in [5, 5.41) is 0.605. The van der Waals surface area contributed by atoms with Crippen LogP contribution < -0.4 is 0 Å². The van der Waals surface area contributed by atoms with Gasteiger partial charge in [0.25, 0.3) is 5.95 Å². The second kappa shape index (κ2) is 6.71. The van der Waals surface area contributed by atoms with Gasteiger partial charge >= 0.3 is 0 Å². The minimum Gasteiger partial charge on any atom is -0.469 e. The van der Waals surface area contributed by atoms with Crippen molar-refractivity contribution in [1.29, 1.82) is 0 Å². The van der Waals surface area contributed by atoms with E-state index in [0.717, 1.165) is 11.3 Å². The Labute approximate surface area is 134 Å². The molecule has 4 nitrogen and oxygen atoms in total. The number of hydrogen-bond acceptors (Lipinski definition) is 3. The molecule has 0 bridgehead atoms. The van der Waals surface area contributed by atoms with Crippen LogP contribution in [0, 0.1) is 6.92 Å². The summed E-state index contributed by atoms with van der Waals surface area (Å²) >= 11 is 5.87. The van der Waals surface area contributed by atoms with Crippen LogP contribution in [-0.4, -0.2) is 24.6 Å². The summed E-state index contributed by atoms with van der Waals surface area (Å²) < 4.78 is 12.0. The van der Waals surface area contributed by atoms with Gasteiger partial charge < -0.3 is 14.0 Å². The van der Waals surface area contributed by atoms with E-state index in [1.807, 2.05) is 24.6 Å². The van der Waals surface area contributed by atoms with Crippen molar-refractivity contribution < 1.29 is 14.3 Å². The van der Waals surface area contributed by atoms with Crippen LogP contribution in [0.1, 0.15) is 27.3 Å². The van der Waals surface area contributed by atoms with Gasteiger partial charge in [-0.1, -0.05) is 11.6 Å². The molecule has 0 radical (unpaired) electrons. The normalized spacial score (nSPS) is 10.2. The first-order chi connectivity index (χ1) is 10.5. The highest BCUT2D eigenvalue weighted by atomic mass is 35.5. The second-order valence-corrected chi connectivity index (χ2v) is 5.30. The van der Waals surface area contributed by atoms with Gasteiger partial charge in [-0.3, -0.25) is 4.79 Å². The zero-order valence-electron chi connectivity index (χ0n) is 13.0. The molecule has 0 saturated heterocycles. The molecule has 1 aromatic carbocycles. The molecule has 0 saturated carbocycles. The van der Waals surface area contributed by atoms with Gasteiger partial charge in [-0.05, 0) is 42.8 Å². The number of halogens is 1. The lowest BCUT2D eigenvalue weighted by Crippen LogP contribution is -2.09. The van der Waals surface area contributed by atoms with Gasteiger partial charge in [-0.25, -0.2) is 0 Å². The van der Waals surface area contributed by atoms with E-state index in [9.17, 15) is 4.79 Å². The minimum atomic E-state index is -0.0484. The Bertz CT molecular complexity index is 708. The topological polar surface area (TPSA) is 40.5 Å². The van der Waals surface area contributed by atoms with Gasteiger partial charge in [0, 0.05) is 29.4 Å². The maximum atomic E-state index is 12.7. The van der Waals surface area contributed by atoms with Gasteiger partial charge in [-0.2, -0.15) is 0 Å². The molecule has 0 unspecified atom stereocenters. The van der Waals surface area contributed by atoms with E-state index in [4.69, 9.17) is 21.1 Å². The molecule has 0 aliphatic rings. The summed E-state index contributed by atoms with van der Waals surface area (Å²) in [7, 11) is 4.90. The lowest BCUT2D eigenvalue weighted by molar-refractivity contribution is 0.0996. The number of rotatable bonds is 5. The van der Waals surface area contributed by atoms with E-state index in [-0.39, 0.29) is 5.78 Å². The number of methoxy groups -OCH3 is 2. The van der Waals surface area contributed by atoms with Crippen molar-refractivity contribution in [3.05, 3.63) is 63.8 Å². The highest BCUT2D eigenvalue weighted by Crippen LogP contribution is 2.21. The molecule has 0 amide bonds. The number of aromatic nitrogens is 1. The molecule has 0 fully saturated rings. The van der Waals surface area contributed by atoms with Crippen LogP contribution in [0.2, 0.25) is 5.02 Å². The van der Waals surface area contributed by atoms with Crippen molar-refractivity contribution >= 4 is 23.5 Å². The van der Waals surface area contributed by atoms with Crippen LogP contribution in [0.15, 0.2) is 36.3 Å². The number of carbonyl (C=O) groups is 1. The number of benzene rings is 1. The first-order valence-corrected chi connectivity index (χ1v) is 7.12. The molecule has 5 heteroatoms. The van der Waals surface area contributed by atoms with Crippen molar-refractivity contribution in [3.63, 3.8) is 0 Å². The molecule has 0 aliphatic heterocycles. The quantitative estimate of drug-likeness (QED) is 0.621. The van der Waals surface area contributed by atoms with E-state index in [1.165, 1.54) is 14.2 Å². The van der Waals surface area contributed by atoms with Crippen LogP contribution in [0.5, 0.6) is 0 Å². The standard InChI is InChI=1S/C17H18ClNO3/c1-11-9-14(10-15(21-3)22-4)19(2)16(11)17(20)12-5-7-13(18)8-6-12/h5-10H,1-4H3. The van der Waals surface area contributed by atoms with E-state index in [1.54, 1.807) is 30.3 Å². The van der Waals surface area contributed by atoms with Gasteiger partial charge in [0.2, 0.25) is 5.78 Å². The summed E-state index contributed by atoms with van der Waals surface area (Å²) in [4.78, 5) is 12.7. The van der Waals surface area contributed by atoms with Crippen molar-refractivity contribution in [3.8, 4) is 0 Å². The fourth-order valence-electron chi connectivity index (χ4n) is 2.31. The average molecular weight is 320 g/mol. The van der Waals surface area contributed by atoms with E-state index in [2.05, 4.69) is 0 Å². The van der Waals surface area contributed by atoms with E-state index >= 15 is 0 Å². The number of nitrogens with zero attached hydrogens (tertiary/aromatic N) is 1. The minimum absolute atomic E-state index is 0.0484. The number of hydrogen-bond donors (Lipinski definition) is 0. The van der Waals surface area contributed by atoms with Gasteiger partial charge in [-0.15, -0.1) is 0 Å². The Hall–Kier alpha value is -2.20. The van der Waals surface area contributed by atoms with Gasteiger partial charge in [0.15, 0.2) is 0 Å². The van der Waals surface area contributed by atoms with Crippen molar-refractivity contribution in [2.75, 3.05) is 14.2 Å². The molecule has 1 heterocycles. The SMILES string of the molecule is COC(=Cc1cc(C)c(C(=O)c2ccc(Cl)cc2)n1C)OC. The molecule has 1 aromatic heterocycles. The second-order valence-electron chi connectivity index (χ2n) is 4.87. The monoisotopic (exact) mass is 319 g/mol. The third-order valence-corrected chi connectivity index (χ3v) is 3.70. The summed E-state index contributed by atoms with van der Waals surface area (Å²) in [6, 6.07) is 8.79. The van der Waals surface area contributed by atoms with Crippen LogP contribution in [0.25, 0.3) is 6.08 Å². The summed E-state index contributed by atoms with van der Waals surface area (Å²) in [5.41, 5.74) is 2.94. The Kier molecular flexibility index (Phi) is 4.93. The first kappa shape index (κ1) is 16.2. The Balaban J connectivity index is 2.44. The largest absolute Gasteiger partial charge is 0.469 e. The van der Waals surface area contributed by atoms with Crippen molar-refractivity contribution in [2.45, 2.75) is 6.92 Å². The number of aryl methyl sites for hydroxylation is 1. The lowest BCUT2D eigenvalue weighted by atomic mass is 10.1. The Morgan fingerprint density at radius 2 is 1.77 bits per heavy atom. The fourth-order valence-corrected chi connectivity index (χ4v) is 2.44. The third-order valence-electron chi connectivity index (χ3n) is 3.45. The van der Waals surface area contributed by atoms with Crippen molar-refractivity contribution in [2.24, 2.45) is 7.05 Å². The van der Waals surface area contributed by atoms with E-state index in [0.29, 0.717) is 22.2 Å². The number of carbonyl (C=O) groups excluding carboxylic acids is 1. The van der Waals surface area contributed by atoms with Crippen LogP contribution >= 0.6 is 11.6 Å². The molecule has 0 N–H and O–H groups in total. The van der Waals surface area contributed by atoms with Crippen LogP contribution in [0.3, 0.4) is 0 Å². The predicted octanol–water partition coefficient (Wildman–Crippen LogP) is 3.81. The summed E-state index contributed by atoms with van der Waals surface area (Å²) in [6.45, 7) is 1.90. The number of ketones is 1.